The third-order valence-electron chi connectivity index (χ3n) is 3.05. The highest BCUT2D eigenvalue weighted by molar-refractivity contribution is 7.13. The highest BCUT2D eigenvalue weighted by Gasteiger charge is 2.24. The molecule has 104 valence electrons. The smallest absolute Gasteiger partial charge is 0.303 e. The molecule has 0 spiro atoms. The molecule has 7 heteroatoms. The van der Waals surface area contributed by atoms with Crippen molar-refractivity contribution in [3.05, 3.63) is 11.1 Å². The zero-order valence-corrected chi connectivity index (χ0v) is 11.6. The maximum atomic E-state index is 10.9. The van der Waals surface area contributed by atoms with Crippen LogP contribution in [0.3, 0.4) is 0 Å². The largest absolute Gasteiger partial charge is 0.481 e. The highest BCUT2D eigenvalue weighted by atomic mass is 32.1. The Morgan fingerprint density at radius 3 is 3.11 bits per heavy atom. The van der Waals surface area contributed by atoms with Gasteiger partial charge in [-0.3, -0.25) is 14.5 Å². The van der Waals surface area contributed by atoms with Gasteiger partial charge in [0.1, 0.15) is 0 Å². The van der Waals surface area contributed by atoms with Crippen LogP contribution in [0.25, 0.3) is 0 Å². The van der Waals surface area contributed by atoms with E-state index in [1.165, 1.54) is 18.3 Å². The van der Waals surface area contributed by atoms with Crippen LogP contribution in [0.5, 0.6) is 0 Å². The Morgan fingerprint density at radius 1 is 1.63 bits per heavy atom. The molecule has 0 bridgehead atoms. The van der Waals surface area contributed by atoms with Gasteiger partial charge in [-0.2, -0.15) is 0 Å². The van der Waals surface area contributed by atoms with E-state index in [1.807, 2.05) is 5.38 Å². The lowest BCUT2D eigenvalue weighted by Crippen LogP contribution is -2.21. The average Bonchev–Trinajstić information content (AvgIpc) is 2.88. The minimum atomic E-state index is -0.728. The SMILES string of the molecule is CC(=O)Nc1nc(CN2CCC(CC(=O)O)C2)cs1. The zero-order valence-electron chi connectivity index (χ0n) is 10.8. The minimum absolute atomic E-state index is 0.122. The Kier molecular flexibility index (Phi) is 4.49. The number of amides is 1. The molecule has 0 radical (unpaired) electrons. The van der Waals surface area contributed by atoms with E-state index in [2.05, 4.69) is 15.2 Å². The normalized spacial score (nSPS) is 19.5. The second kappa shape index (κ2) is 6.12. The lowest BCUT2D eigenvalue weighted by atomic mass is 10.1. The van der Waals surface area contributed by atoms with Crippen molar-refractivity contribution in [3.8, 4) is 0 Å². The van der Waals surface area contributed by atoms with Crippen LogP contribution in [0.2, 0.25) is 0 Å². The molecule has 1 amide bonds. The van der Waals surface area contributed by atoms with E-state index in [1.54, 1.807) is 0 Å². The Labute approximate surface area is 115 Å². The van der Waals surface area contributed by atoms with Crippen LogP contribution < -0.4 is 5.32 Å². The third kappa shape index (κ3) is 4.29. The van der Waals surface area contributed by atoms with E-state index in [0.29, 0.717) is 11.7 Å². The number of nitrogens with one attached hydrogen (secondary N) is 1. The number of anilines is 1. The van der Waals surface area contributed by atoms with Gasteiger partial charge in [-0.15, -0.1) is 11.3 Å². The fraction of sp³-hybridized carbons (Fsp3) is 0.583. The molecule has 1 aromatic heterocycles. The number of thiazole rings is 1. The molecule has 19 heavy (non-hydrogen) atoms. The molecular weight excluding hydrogens is 266 g/mol. The molecule has 1 fully saturated rings. The van der Waals surface area contributed by atoms with Gasteiger partial charge in [-0.1, -0.05) is 0 Å². The first-order valence-electron chi connectivity index (χ1n) is 6.19. The first-order valence-corrected chi connectivity index (χ1v) is 7.07. The van der Waals surface area contributed by atoms with Gasteiger partial charge in [0.2, 0.25) is 5.91 Å². The van der Waals surface area contributed by atoms with Gasteiger partial charge in [0.15, 0.2) is 5.13 Å². The van der Waals surface area contributed by atoms with E-state index in [4.69, 9.17) is 5.11 Å². The third-order valence-corrected chi connectivity index (χ3v) is 3.86. The monoisotopic (exact) mass is 283 g/mol. The van der Waals surface area contributed by atoms with Gasteiger partial charge < -0.3 is 10.4 Å². The predicted octanol–water partition coefficient (Wildman–Crippen LogP) is 1.40. The highest BCUT2D eigenvalue weighted by Crippen LogP contribution is 2.23. The Balaban J connectivity index is 1.83. The number of hydrogen-bond acceptors (Lipinski definition) is 5. The van der Waals surface area contributed by atoms with Crippen molar-refractivity contribution in [3.63, 3.8) is 0 Å². The number of carboxylic acids is 1. The molecule has 6 nitrogen and oxygen atoms in total. The molecule has 1 unspecified atom stereocenters. The van der Waals surface area contributed by atoms with E-state index in [0.717, 1.165) is 25.2 Å². The minimum Gasteiger partial charge on any atom is -0.481 e. The number of rotatable bonds is 5. The van der Waals surface area contributed by atoms with Crippen molar-refractivity contribution in [1.82, 2.24) is 9.88 Å². The first-order chi connectivity index (χ1) is 9.02. The molecule has 1 saturated heterocycles. The van der Waals surface area contributed by atoms with Crippen molar-refractivity contribution in [2.45, 2.75) is 26.3 Å². The second-order valence-electron chi connectivity index (χ2n) is 4.81. The molecule has 2 heterocycles. The molecule has 2 rings (SSSR count). The molecule has 1 atom stereocenters. The van der Waals surface area contributed by atoms with Crippen molar-refractivity contribution in [2.24, 2.45) is 5.92 Å². The van der Waals surface area contributed by atoms with Crippen molar-refractivity contribution < 1.29 is 14.7 Å². The van der Waals surface area contributed by atoms with Crippen LogP contribution in [-0.4, -0.2) is 40.0 Å². The summed E-state index contributed by atoms with van der Waals surface area (Å²) >= 11 is 1.41. The summed E-state index contributed by atoms with van der Waals surface area (Å²) < 4.78 is 0. The summed E-state index contributed by atoms with van der Waals surface area (Å²) in [5, 5.41) is 14.0. The summed E-state index contributed by atoms with van der Waals surface area (Å²) in [5.74, 6) is -0.608. The predicted molar refractivity (Wildman–Crippen MR) is 72.1 cm³/mol. The number of likely N-dealkylation sites (tertiary alicyclic amines) is 1. The summed E-state index contributed by atoms with van der Waals surface area (Å²) in [5.41, 5.74) is 0.921. The summed E-state index contributed by atoms with van der Waals surface area (Å²) in [6.45, 7) is 3.88. The maximum Gasteiger partial charge on any atom is 0.303 e. The van der Waals surface area contributed by atoms with Crippen LogP contribution in [0.4, 0.5) is 5.13 Å². The Hall–Kier alpha value is -1.47. The molecule has 0 saturated carbocycles. The standard InChI is InChI=1S/C12H17N3O3S/c1-8(16)13-12-14-10(7-19-12)6-15-3-2-9(5-15)4-11(17)18/h7,9H,2-6H2,1H3,(H,17,18)(H,13,14,16). The zero-order chi connectivity index (χ0) is 13.8. The Bertz CT molecular complexity index is 475. The first kappa shape index (κ1) is 14.0. The quantitative estimate of drug-likeness (QED) is 0.853. The fourth-order valence-corrected chi connectivity index (χ4v) is 3.03. The average molecular weight is 283 g/mol. The summed E-state index contributed by atoms with van der Waals surface area (Å²) in [7, 11) is 0. The fourth-order valence-electron chi connectivity index (χ4n) is 2.29. The van der Waals surface area contributed by atoms with E-state index in [9.17, 15) is 9.59 Å². The van der Waals surface area contributed by atoms with Crippen LogP contribution in [0.1, 0.15) is 25.5 Å². The summed E-state index contributed by atoms with van der Waals surface area (Å²) in [6.07, 6.45) is 1.17. The molecule has 0 aromatic carbocycles. The maximum absolute atomic E-state index is 10.9. The molecule has 2 N–H and O–H groups in total. The number of aliphatic carboxylic acids is 1. The lowest BCUT2D eigenvalue weighted by molar-refractivity contribution is -0.138. The van der Waals surface area contributed by atoms with E-state index >= 15 is 0 Å². The number of hydrogen-bond donors (Lipinski definition) is 2. The number of aromatic nitrogens is 1. The number of carbonyl (C=O) groups is 2. The van der Waals surface area contributed by atoms with Gasteiger partial charge >= 0.3 is 5.97 Å². The molecule has 1 aliphatic heterocycles. The number of carbonyl (C=O) groups excluding carboxylic acids is 1. The van der Waals surface area contributed by atoms with Crippen LogP contribution in [0.15, 0.2) is 5.38 Å². The number of nitrogens with zero attached hydrogens (tertiary/aromatic N) is 2. The van der Waals surface area contributed by atoms with Crippen LogP contribution >= 0.6 is 11.3 Å². The van der Waals surface area contributed by atoms with Gasteiger partial charge in [-0.25, -0.2) is 4.98 Å². The van der Waals surface area contributed by atoms with Crippen molar-refractivity contribution in [1.29, 1.82) is 0 Å². The van der Waals surface area contributed by atoms with E-state index in [-0.39, 0.29) is 18.2 Å². The van der Waals surface area contributed by atoms with Crippen LogP contribution in [-0.2, 0) is 16.1 Å². The number of carboxylic acid groups (broad SMARTS) is 1. The summed E-state index contributed by atoms with van der Waals surface area (Å²) in [4.78, 5) is 28.1. The van der Waals surface area contributed by atoms with Gasteiger partial charge in [0, 0.05) is 31.8 Å². The lowest BCUT2D eigenvalue weighted by Gasteiger charge is -2.13. The van der Waals surface area contributed by atoms with Crippen molar-refractivity contribution in [2.75, 3.05) is 18.4 Å². The van der Waals surface area contributed by atoms with Crippen LogP contribution in [0, 0.1) is 5.92 Å². The van der Waals surface area contributed by atoms with Crippen molar-refractivity contribution >= 4 is 28.3 Å². The molecule has 1 aliphatic rings. The molecule has 0 aliphatic carbocycles. The van der Waals surface area contributed by atoms with E-state index < -0.39 is 5.97 Å². The Morgan fingerprint density at radius 2 is 2.42 bits per heavy atom. The topological polar surface area (TPSA) is 82.5 Å². The summed E-state index contributed by atoms with van der Waals surface area (Å²) in [6, 6.07) is 0. The van der Waals surface area contributed by atoms with Gasteiger partial charge in [-0.05, 0) is 18.9 Å². The van der Waals surface area contributed by atoms with Gasteiger partial charge in [0.05, 0.1) is 5.69 Å². The molecular formula is C12H17N3O3S. The van der Waals surface area contributed by atoms with Gasteiger partial charge in [0.25, 0.3) is 0 Å². The second-order valence-corrected chi connectivity index (χ2v) is 5.67. The molecule has 1 aromatic rings.